The van der Waals surface area contributed by atoms with Gasteiger partial charge >= 0.3 is 0 Å². The van der Waals surface area contributed by atoms with Gasteiger partial charge in [0.05, 0.1) is 5.38 Å². The second kappa shape index (κ2) is 4.14. The van der Waals surface area contributed by atoms with Crippen LogP contribution in [0.5, 0.6) is 0 Å². The van der Waals surface area contributed by atoms with E-state index in [0.29, 0.717) is 10.0 Å². The standard InChI is InChI=1S/C11H9Cl3/c12-8-2-1-7(5-8)10-4-3-9(13)6-11(10)14/h3-6,8H,1-2H2. The molecule has 2 rings (SSSR count). The van der Waals surface area contributed by atoms with Crippen molar-refractivity contribution in [2.45, 2.75) is 18.2 Å². The zero-order valence-corrected chi connectivity index (χ0v) is 9.70. The minimum Gasteiger partial charge on any atom is -0.118 e. The fourth-order valence-electron chi connectivity index (χ4n) is 1.65. The van der Waals surface area contributed by atoms with E-state index in [2.05, 4.69) is 6.08 Å². The largest absolute Gasteiger partial charge is 0.118 e. The SMILES string of the molecule is Clc1ccc(C2=CC(Cl)CC2)c(Cl)c1. The fraction of sp³-hybridized carbons (Fsp3) is 0.273. The number of alkyl halides is 1. The third kappa shape index (κ3) is 2.08. The molecule has 14 heavy (non-hydrogen) atoms. The van der Waals surface area contributed by atoms with Crippen LogP contribution in [0.25, 0.3) is 5.57 Å². The Hall–Kier alpha value is -0.170. The summed E-state index contributed by atoms with van der Waals surface area (Å²) in [4.78, 5) is 0. The average molecular weight is 248 g/mol. The van der Waals surface area contributed by atoms with Crippen LogP contribution in [-0.4, -0.2) is 5.38 Å². The highest BCUT2D eigenvalue weighted by Crippen LogP contribution is 2.35. The lowest BCUT2D eigenvalue weighted by molar-refractivity contribution is 0.942. The van der Waals surface area contributed by atoms with Gasteiger partial charge < -0.3 is 0 Å². The van der Waals surface area contributed by atoms with Gasteiger partial charge in [-0.2, -0.15) is 0 Å². The summed E-state index contributed by atoms with van der Waals surface area (Å²) in [6.07, 6.45) is 4.06. The Labute approximate surface area is 98.5 Å². The molecule has 0 saturated carbocycles. The summed E-state index contributed by atoms with van der Waals surface area (Å²) in [5, 5.41) is 1.52. The predicted molar refractivity (Wildman–Crippen MR) is 63.3 cm³/mol. The summed E-state index contributed by atoms with van der Waals surface area (Å²) in [5.74, 6) is 0. The Bertz CT molecular complexity index is 382. The van der Waals surface area contributed by atoms with Crippen molar-refractivity contribution in [2.24, 2.45) is 0 Å². The molecule has 3 heteroatoms. The van der Waals surface area contributed by atoms with Crippen LogP contribution in [-0.2, 0) is 0 Å². The van der Waals surface area contributed by atoms with E-state index in [9.17, 15) is 0 Å². The molecule has 0 N–H and O–H groups in total. The van der Waals surface area contributed by atoms with Crippen LogP contribution in [0.2, 0.25) is 10.0 Å². The fourth-order valence-corrected chi connectivity index (χ4v) is 2.44. The lowest BCUT2D eigenvalue weighted by Gasteiger charge is -2.04. The molecule has 0 spiro atoms. The molecular formula is C11H9Cl3. The smallest absolute Gasteiger partial charge is 0.0525 e. The number of benzene rings is 1. The van der Waals surface area contributed by atoms with E-state index in [-0.39, 0.29) is 5.38 Å². The predicted octanol–water partition coefficient (Wildman–Crippen LogP) is 4.78. The van der Waals surface area contributed by atoms with Gasteiger partial charge in [0.1, 0.15) is 0 Å². The number of hydrogen-bond acceptors (Lipinski definition) is 0. The van der Waals surface area contributed by atoms with E-state index in [0.717, 1.165) is 18.4 Å². The summed E-state index contributed by atoms with van der Waals surface area (Å²) in [5.41, 5.74) is 2.28. The van der Waals surface area contributed by atoms with Crippen LogP contribution in [0, 0.1) is 0 Å². The lowest BCUT2D eigenvalue weighted by atomic mass is 10.1. The first-order valence-corrected chi connectivity index (χ1v) is 5.66. The molecule has 0 aliphatic heterocycles. The van der Waals surface area contributed by atoms with Crippen molar-refractivity contribution < 1.29 is 0 Å². The first-order chi connectivity index (χ1) is 6.66. The Balaban J connectivity index is 2.37. The van der Waals surface area contributed by atoms with Gasteiger partial charge in [-0.1, -0.05) is 35.3 Å². The maximum atomic E-state index is 6.09. The molecule has 0 amide bonds. The number of halogens is 3. The van der Waals surface area contributed by atoms with Gasteiger partial charge in [-0.25, -0.2) is 0 Å². The molecule has 0 radical (unpaired) electrons. The maximum Gasteiger partial charge on any atom is 0.0525 e. The number of hydrogen-bond donors (Lipinski definition) is 0. The molecule has 0 saturated heterocycles. The van der Waals surface area contributed by atoms with Crippen molar-refractivity contribution in [1.82, 2.24) is 0 Å². The number of allylic oxidation sites excluding steroid dienone is 2. The van der Waals surface area contributed by atoms with Gasteiger partial charge in [0.25, 0.3) is 0 Å². The minimum atomic E-state index is 0.150. The number of rotatable bonds is 1. The van der Waals surface area contributed by atoms with E-state index >= 15 is 0 Å². The van der Waals surface area contributed by atoms with Gasteiger partial charge in [-0.05, 0) is 36.1 Å². The topological polar surface area (TPSA) is 0 Å². The normalized spacial score (nSPS) is 21.1. The first-order valence-electron chi connectivity index (χ1n) is 4.47. The summed E-state index contributed by atoms with van der Waals surface area (Å²) in [6.45, 7) is 0. The molecule has 0 fully saturated rings. The Morgan fingerprint density at radius 1 is 1.21 bits per heavy atom. The lowest BCUT2D eigenvalue weighted by Crippen LogP contribution is -1.82. The molecule has 1 unspecified atom stereocenters. The quantitative estimate of drug-likeness (QED) is 0.627. The minimum absolute atomic E-state index is 0.150. The summed E-state index contributed by atoms with van der Waals surface area (Å²) in [6, 6.07) is 5.57. The van der Waals surface area contributed by atoms with E-state index in [1.807, 2.05) is 12.1 Å². The first kappa shape index (κ1) is 10.4. The maximum absolute atomic E-state index is 6.09. The van der Waals surface area contributed by atoms with Gasteiger partial charge in [-0.3, -0.25) is 0 Å². The zero-order valence-electron chi connectivity index (χ0n) is 7.43. The second-order valence-corrected chi connectivity index (χ2v) is 4.77. The van der Waals surface area contributed by atoms with Crippen LogP contribution in [0.15, 0.2) is 24.3 Å². The van der Waals surface area contributed by atoms with Crippen molar-refractivity contribution in [2.75, 3.05) is 0 Å². The summed E-state index contributed by atoms with van der Waals surface area (Å²) < 4.78 is 0. The Kier molecular flexibility index (Phi) is 3.06. The molecule has 0 bridgehead atoms. The molecule has 1 aromatic carbocycles. The van der Waals surface area contributed by atoms with Crippen LogP contribution < -0.4 is 0 Å². The van der Waals surface area contributed by atoms with Crippen LogP contribution in [0.3, 0.4) is 0 Å². The van der Waals surface area contributed by atoms with Gasteiger partial charge in [0.15, 0.2) is 0 Å². The van der Waals surface area contributed by atoms with Crippen molar-refractivity contribution in [3.05, 3.63) is 39.9 Å². The highest BCUT2D eigenvalue weighted by molar-refractivity contribution is 6.35. The highest BCUT2D eigenvalue weighted by Gasteiger charge is 2.16. The molecule has 1 aliphatic rings. The molecular weight excluding hydrogens is 238 g/mol. The van der Waals surface area contributed by atoms with E-state index in [1.54, 1.807) is 6.07 Å². The van der Waals surface area contributed by atoms with Crippen molar-refractivity contribution >= 4 is 40.4 Å². The molecule has 0 nitrogen and oxygen atoms in total. The second-order valence-electron chi connectivity index (χ2n) is 3.37. The molecule has 1 aliphatic carbocycles. The third-order valence-corrected chi connectivity index (χ3v) is 3.24. The summed E-state index contributed by atoms with van der Waals surface area (Å²) in [7, 11) is 0. The molecule has 0 heterocycles. The average Bonchev–Trinajstić information content (AvgIpc) is 2.51. The molecule has 0 aromatic heterocycles. The van der Waals surface area contributed by atoms with Gasteiger partial charge in [-0.15, -0.1) is 11.6 Å². The van der Waals surface area contributed by atoms with Crippen LogP contribution >= 0.6 is 34.8 Å². The third-order valence-electron chi connectivity index (χ3n) is 2.35. The Morgan fingerprint density at radius 2 is 2.00 bits per heavy atom. The van der Waals surface area contributed by atoms with E-state index in [1.165, 1.54) is 5.57 Å². The molecule has 1 aromatic rings. The van der Waals surface area contributed by atoms with Crippen molar-refractivity contribution in [3.63, 3.8) is 0 Å². The monoisotopic (exact) mass is 246 g/mol. The van der Waals surface area contributed by atoms with Gasteiger partial charge in [0.2, 0.25) is 0 Å². The highest BCUT2D eigenvalue weighted by atomic mass is 35.5. The van der Waals surface area contributed by atoms with Crippen molar-refractivity contribution in [1.29, 1.82) is 0 Å². The van der Waals surface area contributed by atoms with E-state index < -0.39 is 0 Å². The van der Waals surface area contributed by atoms with E-state index in [4.69, 9.17) is 34.8 Å². The van der Waals surface area contributed by atoms with Crippen molar-refractivity contribution in [3.8, 4) is 0 Å². The van der Waals surface area contributed by atoms with Crippen LogP contribution in [0.1, 0.15) is 18.4 Å². The molecule has 74 valence electrons. The zero-order chi connectivity index (χ0) is 10.1. The van der Waals surface area contributed by atoms with Crippen LogP contribution in [0.4, 0.5) is 0 Å². The molecule has 1 atom stereocenters. The Morgan fingerprint density at radius 3 is 2.57 bits per heavy atom. The van der Waals surface area contributed by atoms with Gasteiger partial charge in [0, 0.05) is 10.0 Å². The summed E-state index contributed by atoms with van der Waals surface area (Å²) >= 11 is 17.9.